The summed E-state index contributed by atoms with van der Waals surface area (Å²) in [5.41, 5.74) is 5.33. The van der Waals surface area contributed by atoms with Crippen molar-refractivity contribution in [3.8, 4) is 12.0 Å². The maximum absolute atomic E-state index is 10.9. The third-order valence-corrected chi connectivity index (χ3v) is 2.00. The van der Waals surface area contributed by atoms with E-state index in [1.165, 1.54) is 24.2 Å². The molecule has 2 N–H and O–H groups in total. The molecule has 0 saturated heterocycles. The van der Waals surface area contributed by atoms with Crippen molar-refractivity contribution >= 4 is 17.5 Å². The Balaban J connectivity index is 2.44. The fourth-order valence-electron chi connectivity index (χ4n) is 1.08. The number of carbonyl (C=O) groups excluding carboxylic acids is 1. The second-order valence-electron chi connectivity index (χ2n) is 2.93. The molecule has 2 heterocycles. The predicted octanol–water partition coefficient (Wildman–Crippen LogP) is -0.182. The number of hydrogen-bond acceptors (Lipinski definition) is 6. The smallest absolute Gasteiger partial charge is 0.322 e. The zero-order chi connectivity index (χ0) is 12.4. The maximum atomic E-state index is 10.9. The maximum Gasteiger partial charge on any atom is 0.322 e. The fraction of sp³-hybridized carbons (Fsp3) is 0.125. The molecule has 88 valence electrons. The number of carbonyl (C=O) groups is 1. The van der Waals surface area contributed by atoms with E-state index in [-0.39, 0.29) is 22.8 Å². The van der Waals surface area contributed by atoms with Crippen molar-refractivity contribution in [3.05, 3.63) is 23.2 Å². The average molecular weight is 255 g/mol. The highest BCUT2D eigenvalue weighted by Gasteiger charge is 2.10. The summed E-state index contributed by atoms with van der Waals surface area (Å²) >= 11 is 5.67. The van der Waals surface area contributed by atoms with Crippen LogP contribution < -0.4 is 10.5 Å². The summed E-state index contributed by atoms with van der Waals surface area (Å²) in [4.78, 5) is 22.4. The van der Waals surface area contributed by atoms with Crippen LogP contribution in [0.15, 0.2) is 12.4 Å². The number of amides is 1. The molecule has 0 aliphatic heterocycles. The van der Waals surface area contributed by atoms with Gasteiger partial charge in [-0.2, -0.15) is 20.1 Å². The van der Waals surface area contributed by atoms with Gasteiger partial charge in [0.05, 0.1) is 18.9 Å². The monoisotopic (exact) mass is 254 g/mol. The first-order valence-electron chi connectivity index (χ1n) is 4.40. The number of halogens is 1. The van der Waals surface area contributed by atoms with Gasteiger partial charge in [-0.25, -0.2) is 4.68 Å². The van der Waals surface area contributed by atoms with Crippen LogP contribution in [0.2, 0.25) is 5.28 Å². The van der Waals surface area contributed by atoms with Crippen LogP contribution in [0.1, 0.15) is 10.4 Å². The third kappa shape index (κ3) is 2.31. The summed E-state index contributed by atoms with van der Waals surface area (Å²) in [6.45, 7) is 0. The molecule has 0 radical (unpaired) electrons. The third-order valence-electron chi connectivity index (χ3n) is 1.83. The lowest BCUT2D eigenvalue weighted by molar-refractivity contribution is 0.100. The van der Waals surface area contributed by atoms with E-state index in [4.69, 9.17) is 22.1 Å². The lowest BCUT2D eigenvalue weighted by Crippen LogP contribution is -2.10. The Bertz CT molecular complexity index is 569. The number of nitrogens with zero attached hydrogens (tertiary/aromatic N) is 5. The van der Waals surface area contributed by atoms with Gasteiger partial charge in [0.2, 0.25) is 5.28 Å². The molecule has 1 amide bonds. The number of ether oxygens (including phenoxy) is 1. The van der Waals surface area contributed by atoms with Gasteiger partial charge in [-0.1, -0.05) is 0 Å². The van der Waals surface area contributed by atoms with Crippen LogP contribution >= 0.6 is 11.6 Å². The summed E-state index contributed by atoms with van der Waals surface area (Å²) < 4.78 is 6.08. The van der Waals surface area contributed by atoms with Crippen molar-refractivity contribution in [2.24, 2.45) is 5.73 Å². The van der Waals surface area contributed by atoms with Crippen LogP contribution in [-0.4, -0.2) is 37.7 Å². The Morgan fingerprint density at radius 3 is 2.82 bits per heavy atom. The van der Waals surface area contributed by atoms with E-state index in [9.17, 15) is 4.79 Å². The van der Waals surface area contributed by atoms with Crippen LogP contribution in [0.5, 0.6) is 6.01 Å². The topological polar surface area (TPSA) is 109 Å². The highest BCUT2D eigenvalue weighted by atomic mass is 35.5. The fourth-order valence-corrected chi connectivity index (χ4v) is 1.22. The first kappa shape index (κ1) is 11.3. The van der Waals surface area contributed by atoms with E-state index in [2.05, 4.69) is 20.1 Å². The number of rotatable bonds is 3. The zero-order valence-electron chi connectivity index (χ0n) is 8.66. The van der Waals surface area contributed by atoms with Crippen LogP contribution in [0, 0.1) is 0 Å². The van der Waals surface area contributed by atoms with E-state index in [0.717, 1.165) is 0 Å². The summed E-state index contributed by atoms with van der Waals surface area (Å²) in [5.74, 6) is -0.460. The van der Waals surface area contributed by atoms with Crippen molar-refractivity contribution in [2.75, 3.05) is 7.11 Å². The van der Waals surface area contributed by atoms with Crippen molar-refractivity contribution in [1.82, 2.24) is 24.7 Å². The molecule has 2 aromatic heterocycles. The number of methoxy groups -OCH3 is 1. The van der Waals surface area contributed by atoms with Gasteiger partial charge in [0.25, 0.3) is 11.9 Å². The van der Waals surface area contributed by atoms with Gasteiger partial charge >= 0.3 is 6.01 Å². The first-order valence-corrected chi connectivity index (χ1v) is 4.78. The largest absolute Gasteiger partial charge is 0.467 e. The second-order valence-corrected chi connectivity index (χ2v) is 3.27. The minimum Gasteiger partial charge on any atom is -0.467 e. The molecule has 9 heteroatoms. The van der Waals surface area contributed by atoms with Crippen molar-refractivity contribution < 1.29 is 9.53 Å². The van der Waals surface area contributed by atoms with Gasteiger partial charge in [-0.3, -0.25) is 4.79 Å². The van der Waals surface area contributed by atoms with Crippen molar-refractivity contribution in [3.63, 3.8) is 0 Å². The summed E-state index contributed by atoms with van der Waals surface area (Å²) in [6.07, 6.45) is 2.68. The molecule has 0 spiro atoms. The van der Waals surface area contributed by atoms with Gasteiger partial charge in [-0.15, -0.1) is 0 Å². The molecule has 0 unspecified atom stereocenters. The quantitative estimate of drug-likeness (QED) is 0.814. The molecule has 2 aromatic rings. The first-order chi connectivity index (χ1) is 8.10. The van der Waals surface area contributed by atoms with Crippen LogP contribution in [0.25, 0.3) is 5.95 Å². The summed E-state index contributed by atoms with van der Waals surface area (Å²) in [5, 5.41) is 3.83. The van der Waals surface area contributed by atoms with Gasteiger partial charge in [-0.05, 0) is 11.6 Å². The van der Waals surface area contributed by atoms with Gasteiger partial charge < -0.3 is 10.5 Å². The molecule has 17 heavy (non-hydrogen) atoms. The van der Waals surface area contributed by atoms with E-state index >= 15 is 0 Å². The average Bonchev–Trinajstić information content (AvgIpc) is 2.77. The van der Waals surface area contributed by atoms with E-state index in [1.807, 2.05) is 0 Å². The molecule has 0 saturated carbocycles. The molecular weight excluding hydrogens is 248 g/mol. The Morgan fingerprint density at radius 1 is 1.47 bits per heavy atom. The SMILES string of the molecule is COc1nc(Cl)nc(-n2cc(C(N)=O)cn2)n1. The Kier molecular flexibility index (Phi) is 2.88. The standard InChI is InChI=1S/C8H7ClN6O2/c1-17-8-13-6(9)12-7(14-8)15-3-4(2-11-15)5(10)16/h2-3H,1H3,(H2,10,16). The van der Waals surface area contributed by atoms with Gasteiger partial charge in [0.15, 0.2) is 0 Å². The lowest BCUT2D eigenvalue weighted by atomic mass is 10.4. The molecule has 0 fully saturated rings. The molecule has 0 aliphatic rings. The minimum atomic E-state index is -0.594. The normalized spacial score (nSPS) is 10.2. The second kappa shape index (κ2) is 4.34. The van der Waals surface area contributed by atoms with Crippen LogP contribution in [0.3, 0.4) is 0 Å². The van der Waals surface area contributed by atoms with Crippen LogP contribution in [0.4, 0.5) is 0 Å². The highest BCUT2D eigenvalue weighted by molar-refractivity contribution is 6.28. The van der Waals surface area contributed by atoms with E-state index < -0.39 is 5.91 Å². The molecular formula is C8H7ClN6O2. The Labute approximate surface area is 100 Å². The Hall–Kier alpha value is -2.22. The van der Waals surface area contributed by atoms with E-state index in [1.54, 1.807) is 0 Å². The highest BCUT2D eigenvalue weighted by Crippen LogP contribution is 2.10. The number of aromatic nitrogens is 5. The number of hydrogen-bond donors (Lipinski definition) is 1. The number of nitrogens with two attached hydrogens (primary N) is 1. The summed E-state index contributed by atoms with van der Waals surface area (Å²) in [6, 6.07) is 0.0520. The minimum absolute atomic E-state index is 0.0389. The van der Waals surface area contributed by atoms with E-state index in [0.29, 0.717) is 0 Å². The van der Waals surface area contributed by atoms with Crippen molar-refractivity contribution in [2.45, 2.75) is 0 Å². The summed E-state index contributed by atoms with van der Waals surface area (Å²) in [7, 11) is 1.40. The molecule has 2 rings (SSSR count). The molecule has 0 aliphatic carbocycles. The van der Waals surface area contributed by atoms with Gasteiger partial charge in [0, 0.05) is 6.20 Å². The van der Waals surface area contributed by atoms with Crippen molar-refractivity contribution in [1.29, 1.82) is 0 Å². The Morgan fingerprint density at radius 2 is 2.24 bits per heavy atom. The lowest BCUT2D eigenvalue weighted by Gasteiger charge is -2.01. The predicted molar refractivity (Wildman–Crippen MR) is 57.0 cm³/mol. The zero-order valence-corrected chi connectivity index (χ0v) is 9.42. The van der Waals surface area contributed by atoms with Gasteiger partial charge in [0.1, 0.15) is 0 Å². The molecule has 0 aromatic carbocycles. The molecule has 0 bridgehead atoms. The number of primary amides is 1. The molecule has 8 nitrogen and oxygen atoms in total. The van der Waals surface area contributed by atoms with Crippen LogP contribution in [-0.2, 0) is 0 Å². The molecule has 0 atom stereocenters.